The highest BCUT2D eigenvalue weighted by Crippen LogP contribution is 2.19. The third-order valence-electron chi connectivity index (χ3n) is 3.40. The smallest absolute Gasteiger partial charge is 0.251 e. The molecule has 0 heterocycles. The molecule has 98 valence electrons. The van der Waals surface area contributed by atoms with Crippen molar-refractivity contribution in [2.45, 2.75) is 42.7 Å². The van der Waals surface area contributed by atoms with E-state index in [9.17, 15) is 9.90 Å². The molecule has 0 bridgehead atoms. The zero-order chi connectivity index (χ0) is 13.0. The predicted octanol–water partition coefficient (Wildman–Crippen LogP) is 2.44. The molecule has 1 fully saturated rings. The van der Waals surface area contributed by atoms with Crippen molar-refractivity contribution in [3.8, 4) is 0 Å². The second-order valence-corrected chi connectivity index (χ2v) is 5.54. The second kappa shape index (κ2) is 6.25. The summed E-state index contributed by atoms with van der Waals surface area (Å²) >= 11 is 1.65. The summed E-state index contributed by atoms with van der Waals surface area (Å²) in [5.41, 5.74) is 0.658. The van der Waals surface area contributed by atoms with Gasteiger partial charge in [0, 0.05) is 10.5 Å². The van der Waals surface area contributed by atoms with Crippen molar-refractivity contribution in [2.75, 3.05) is 6.26 Å². The van der Waals surface area contributed by atoms with Crippen LogP contribution in [0.15, 0.2) is 29.2 Å². The number of rotatable bonds is 3. The standard InChI is InChI=1S/C14H19NO2S/c1-18-11-8-6-10(7-9-11)14(17)15-12-4-2-3-5-13(12)16/h6-9,12-13,16H,2-5H2,1H3,(H,15,17)/t12-,13-/m0/s1. The fraction of sp³-hybridized carbons (Fsp3) is 0.500. The number of carbonyl (C=O) groups excluding carboxylic acids is 1. The van der Waals surface area contributed by atoms with Crippen molar-refractivity contribution in [1.29, 1.82) is 0 Å². The Hall–Kier alpha value is -1.00. The molecule has 2 atom stereocenters. The molecule has 0 aromatic heterocycles. The summed E-state index contributed by atoms with van der Waals surface area (Å²) in [6, 6.07) is 7.45. The van der Waals surface area contributed by atoms with Crippen molar-refractivity contribution in [1.82, 2.24) is 5.32 Å². The van der Waals surface area contributed by atoms with Crippen molar-refractivity contribution in [3.05, 3.63) is 29.8 Å². The highest BCUT2D eigenvalue weighted by atomic mass is 32.2. The number of thioether (sulfide) groups is 1. The number of aliphatic hydroxyl groups is 1. The van der Waals surface area contributed by atoms with Crippen LogP contribution in [0.25, 0.3) is 0 Å². The van der Waals surface area contributed by atoms with E-state index in [1.807, 2.05) is 30.5 Å². The molecule has 0 spiro atoms. The molecule has 1 saturated carbocycles. The molecule has 0 unspecified atom stereocenters. The van der Waals surface area contributed by atoms with Crippen LogP contribution < -0.4 is 5.32 Å². The Morgan fingerprint density at radius 3 is 2.56 bits per heavy atom. The van der Waals surface area contributed by atoms with Gasteiger partial charge in [-0.3, -0.25) is 4.79 Å². The average molecular weight is 265 g/mol. The quantitative estimate of drug-likeness (QED) is 0.825. The molecule has 1 aliphatic carbocycles. The third-order valence-corrected chi connectivity index (χ3v) is 4.14. The van der Waals surface area contributed by atoms with Crippen LogP contribution in [0.1, 0.15) is 36.0 Å². The maximum atomic E-state index is 12.0. The van der Waals surface area contributed by atoms with E-state index in [1.54, 1.807) is 11.8 Å². The van der Waals surface area contributed by atoms with E-state index < -0.39 is 6.10 Å². The van der Waals surface area contributed by atoms with Crippen LogP contribution in [0.3, 0.4) is 0 Å². The molecule has 0 aliphatic heterocycles. The molecule has 1 amide bonds. The lowest BCUT2D eigenvalue weighted by Gasteiger charge is -2.28. The highest BCUT2D eigenvalue weighted by Gasteiger charge is 2.24. The van der Waals surface area contributed by atoms with Gasteiger partial charge in [0.1, 0.15) is 0 Å². The van der Waals surface area contributed by atoms with Crippen LogP contribution in [-0.4, -0.2) is 29.4 Å². The van der Waals surface area contributed by atoms with Crippen molar-refractivity contribution < 1.29 is 9.90 Å². The number of hydrogen-bond donors (Lipinski definition) is 2. The first-order chi connectivity index (χ1) is 8.70. The van der Waals surface area contributed by atoms with Gasteiger partial charge in [-0.25, -0.2) is 0 Å². The van der Waals surface area contributed by atoms with E-state index in [0.717, 1.165) is 30.6 Å². The van der Waals surface area contributed by atoms with Gasteiger partial charge >= 0.3 is 0 Å². The Morgan fingerprint density at radius 1 is 1.28 bits per heavy atom. The molecule has 3 nitrogen and oxygen atoms in total. The van der Waals surface area contributed by atoms with Gasteiger partial charge in [0.2, 0.25) is 0 Å². The van der Waals surface area contributed by atoms with Crippen molar-refractivity contribution >= 4 is 17.7 Å². The number of carbonyl (C=O) groups is 1. The highest BCUT2D eigenvalue weighted by molar-refractivity contribution is 7.98. The minimum absolute atomic E-state index is 0.0893. The van der Waals surface area contributed by atoms with Crippen molar-refractivity contribution in [3.63, 3.8) is 0 Å². The molecule has 1 aromatic rings. The van der Waals surface area contributed by atoms with Crippen molar-refractivity contribution in [2.24, 2.45) is 0 Å². The Morgan fingerprint density at radius 2 is 1.94 bits per heavy atom. The van der Waals surface area contributed by atoms with Gasteiger partial charge in [-0.1, -0.05) is 12.8 Å². The molecule has 0 radical (unpaired) electrons. The normalized spacial score (nSPS) is 23.7. The maximum absolute atomic E-state index is 12.0. The lowest BCUT2D eigenvalue weighted by molar-refractivity contribution is 0.0717. The summed E-state index contributed by atoms with van der Waals surface area (Å²) in [6.07, 6.45) is 5.40. The Bertz CT molecular complexity index is 405. The Labute approximate surface area is 112 Å². The van der Waals surface area contributed by atoms with E-state index in [1.165, 1.54) is 0 Å². The largest absolute Gasteiger partial charge is 0.391 e. The second-order valence-electron chi connectivity index (χ2n) is 4.66. The third kappa shape index (κ3) is 3.27. The molecule has 2 N–H and O–H groups in total. The van der Waals surface area contributed by atoms with E-state index in [-0.39, 0.29) is 11.9 Å². The summed E-state index contributed by atoms with van der Waals surface area (Å²) in [5.74, 6) is -0.0893. The van der Waals surface area contributed by atoms with Gasteiger partial charge in [0.05, 0.1) is 12.1 Å². The predicted molar refractivity (Wildman–Crippen MR) is 74.0 cm³/mol. The van der Waals surface area contributed by atoms with E-state index in [4.69, 9.17) is 0 Å². The van der Waals surface area contributed by atoms with Crippen LogP contribution in [0.5, 0.6) is 0 Å². The van der Waals surface area contributed by atoms with Crippen LogP contribution in [0.2, 0.25) is 0 Å². The average Bonchev–Trinajstić information content (AvgIpc) is 2.41. The Kier molecular flexibility index (Phi) is 4.66. The zero-order valence-electron chi connectivity index (χ0n) is 10.6. The number of nitrogens with one attached hydrogen (secondary N) is 1. The summed E-state index contributed by atoms with van der Waals surface area (Å²) in [4.78, 5) is 13.2. The van der Waals surface area contributed by atoms with E-state index >= 15 is 0 Å². The van der Waals surface area contributed by atoms with Crippen LogP contribution in [0.4, 0.5) is 0 Å². The summed E-state index contributed by atoms with van der Waals surface area (Å²) < 4.78 is 0. The minimum Gasteiger partial charge on any atom is -0.391 e. The molecule has 0 saturated heterocycles. The minimum atomic E-state index is -0.395. The number of hydrogen-bond acceptors (Lipinski definition) is 3. The van der Waals surface area contributed by atoms with Gasteiger partial charge in [0.15, 0.2) is 0 Å². The number of aliphatic hydroxyl groups excluding tert-OH is 1. The molecule has 1 aliphatic rings. The van der Waals surface area contributed by atoms with Gasteiger partial charge in [-0.15, -0.1) is 11.8 Å². The number of amides is 1. The SMILES string of the molecule is CSc1ccc(C(=O)N[C@H]2CCCC[C@@H]2O)cc1. The van der Waals surface area contributed by atoms with Crippen LogP contribution >= 0.6 is 11.8 Å². The van der Waals surface area contributed by atoms with Crippen LogP contribution in [-0.2, 0) is 0 Å². The molecule has 1 aromatic carbocycles. The molecular formula is C14H19NO2S. The summed E-state index contributed by atoms with van der Waals surface area (Å²) in [7, 11) is 0. The first-order valence-electron chi connectivity index (χ1n) is 6.33. The van der Waals surface area contributed by atoms with Gasteiger partial charge in [-0.05, 0) is 43.4 Å². The molecule has 18 heavy (non-hydrogen) atoms. The van der Waals surface area contributed by atoms with E-state index in [0.29, 0.717) is 5.56 Å². The Balaban J connectivity index is 1.97. The monoisotopic (exact) mass is 265 g/mol. The van der Waals surface area contributed by atoms with Gasteiger partial charge in [-0.2, -0.15) is 0 Å². The first-order valence-corrected chi connectivity index (χ1v) is 7.56. The number of benzene rings is 1. The van der Waals surface area contributed by atoms with Gasteiger partial charge in [0.25, 0.3) is 5.91 Å². The lowest BCUT2D eigenvalue weighted by Crippen LogP contribution is -2.45. The molecular weight excluding hydrogens is 246 g/mol. The van der Waals surface area contributed by atoms with E-state index in [2.05, 4.69) is 5.32 Å². The summed E-state index contributed by atoms with van der Waals surface area (Å²) in [5, 5.41) is 12.8. The topological polar surface area (TPSA) is 49.3 Å². The zero-order valence-corrected chi connectivity index (χ0v) is 11.4. The van der Waals surface area contributed by atoms with Crippen LogP contribution in [0, 0.1) is 0 Å². The lowest BCUT2D eigenvalue weighted by atomic mass is 9.92. The molecule has 2 rings (SSSR count). The fourth-order valence-corrected chi connectivity index (χ4v) is 2.68. The maximum Gasteiger partial charge on any atom is 0.251 e. The first kappa shape index (κ1) is 13.4. The molecule has 4 heteroatoms. The van der Waals surface area contributed by atoms with Gasteiger partial charge < -0.3 is 10.4 Å². The fourth-order valence-electron chi connectivity index (χ4n) is 2.27. The summed E-state index contributed by atoms with van der Waals surface area (Å²) in [6.45, 7) is 0.